The van der Waals surface area contributed by atoms with Crippen LogP contribution in [0.15, 0.2) is 0 Å². The molecule has 0 aliphatic heterocycles. The van der Waals surface area contributed by atoms with Crippen molar-refractivity contribution in [2.24, 2.45) is 0 Å². The van der Waals surface area contributed by atoms with Crippen LogP contribution in [0.25, 0.3) is 0 Å². The van der Waals surface area contributed by atoms with Crippen LogP contribution < -0.4 is 0 Å². The molecule has 73 valence electrons. The van der Waals surface area contributed by atoms with Gasteiger partial charge in [-0.2, -0.15) is 0 Å². The highest BCUT2D eigenvalue weighted by molar-refractivity contribution is 4.59. The average molecular weight is 173 g/mol. The predicted octanol–water partition coefficient (Wildman–Crippen LogP) is 2.53. The summed E-state index contributed by atoms with van der Waals surface area (Å²) in [5.74, 6) is 0. The molecule has 0 bridgehead atoms. The van der Waals surface area contributed by atoms with Crippen LogP contribution in [0.5, 0.6) is 0 Å². The molecule has 2 unspecified atom stereocenters. The second-order valence-corrected chi connectivity index (χ2v) is 3.56. The summed E-state index contributed by atoms with van der Waals surface area (Å²) in [6.07, 6.45) is 4.77. The molecule has 0 saturated heterocycles. The highest BCUT2D eigenvalue weighted by Gasteiger charge is 2.08. The van der Waals surface area contributed by atoms with Gasteiger partial charge in [0.2, 0.25) is 0 Å². The lowest BCUT2D eigenvalue weighted by Gasteiger charge is -2.09. The fourth-order valence-corrected chi connectivity index (χ4v) is 1.30. The molecule has 12 heavy (non-hydrogen) atoms. The number of aliphatic hydroxyl groups is 1. The molecule has 0 heterocycles. The van der Waals surface area contributed by atoms with Crippen molar-refractivity contribution in [1.29, 1.82) is 0 Å². The van der Waals surface area contributed by atoms with E-state index in [2.05, 4.69) is 6.92 Å². The lowest BCUT2D eigenvalue weighted by Crippen LogP contribution is -2.13. The van der Waals surface area contributed by atoms with Crippen LogP contribution >= 0.6 is 0 Å². The minimum Gasteiger partial charge on any atom is -0.393 e. The van der Waals surface area contributed by atoms with E-state index in [1.807, 2.05) is 0 Å². The highest BCUT2D eigenvalue weighted by Crippen LogP contribution is 2.09. The third-order valence-electron chi connectivity index (χ3n) is 1.98. The van der Waals surface area contributed by atoms with E-state index in [9.17, 15) is 5.11 Å². The van der Waals surface area contributed by atoms with E-state index in [0.717, 1.165) is 19.3 Å². The van der Waals surface area contributed by atoms with Crippen LogP contribution in [0.3, 0.4) is 0 Å². The second kappa shape index (κ2) is 7.56. The van der Waals surface area contributed by atoms with Gasteiger partial charge in [-0.25, -0.2) is 5.11 Å². The first kappa shape index (κ1) is 11.9. The van der Waals surface area contributed by atoms with Gasteiger partial charge < -0.3 is 5.11 Å². The Morgan fingerprint density at radius 2 is 1.92 bits per heavy atom. The zero-order valence-corrected chi connectivity index (χ0v) is 8.25. The van der Waals surface area contributed by atoms with Gasteiger partial charge in [-0.05, 0) is 13.3 Å². The van der Waals surface area contributed by atoms with Gasteiger partial charge in [0, 0.05) is 6.42 Å². The van der Waals surface area contributed by atoms with E-state index in [4.69, 9.17) is 5.11 Å². The van der Waals surface area contributed by atoms with Crippen molar-refractivity contribution in [3.63, 3.8) is 0 Å². The van der Waals surface area contributed by atoms with Crippen molar-refractivity contribution in [3.05, 3.63) is 0 Å². The average Bonchev–Trinajstić information content (AvgIpc) is 1.97. The zero-order valence-electron chi connectivity index (χ0n) is 8.25. The molecular weight excluding hydrogens is 152 g/mol. The lowest BCUT2D eigenvalue weighted by atomic mass is 10.1. The fraction of sp³-hybridized carbons (Fsp3) is 1.00. The Labute approximate surface area is 75.6 Å². The molecule has 0 aliphatic carbocycles. The normalized spacial score (nSPS) is 16.0. The summed E-state index contributed by atoms with van der Waals surface area (Å²) < 4.78 is 0. The largest absolute Gasteiger partial charge is 0.393 e. The summed E-state index contributed by atoms with van der Waals surface area (Å²) in [7, 11) is 0. The van der Waals surface area contributed by atoms with Gasteiger partial charge in [-0.15, -0.1) is 0 Å². The highest BCUT2D eigenvalue weighted by atomic mass is 16.3. The summed E-state index contributed by atoms with van der Waals surface area (Å²) in [4.78, 5) is 0. The van der Waals surface area contributed by atoms with Gasteiger partial charge in [0.15, 0.2) is 0 Å². The molecule has 0 fully saturated rings. The van der Waals surface area contributed by atoms with Crippen molar-refractivity contribution in [1.82, 2.24) is 0 Å². The number of hydrogen-bond acceptors (Lipinski definition) is 1. The molecule has 0 aromatic heterocycles. The van der Waals surface area contributed by atoms with Crippen LogP contribution in [0.2, 0.25) is 0 Å². The summed E-state index contributed by atoms with van der Waals surface area (Å²) in [5, 5.41) is 20.1. The molecule has 0 aromatic rings. The molecule has 0 rings (SSSR count). The van der Waals surface area contributed by atoms with E-state index in [0.29, 0.717) is 6.42 Å². The molecule has 2 atom stereocenters. The molecule has 0 saturated carbocycles. The third kappa shape index (κ3) is 8.02. The predicted molar refractivity (Wildman–Crippen MR) is 49.5 cm³/mol. The van der Waals surface area contributed by atoms with E-state index < -0.39 is 12.2 Å². The Balaban J connectivity index is 3.14. The Morgan fingerprint density at radius 3 is 2.42 bits per heavy atom. The number of unbranched alkanes of at least 4 members (excludes halogenated alkanes) is 3. The van der Waals surface area contributed by atoms with Crippen molar-refractivity contribution in [2.45, 2.75) is 64.6 Å². The van der Waals surface area contributed by atoms with Gasteiger partial charge in [0.1, 0.15) is 0 Å². The van der Waals surface area contributed by atoms with Gasteiger partial charge in [0.05, 0.1) is 12.2 Å². The van der Waals surface area contributed by atoms with Crippen LogP contribution in [-0.4, -0.2) is 17.3 Å². The summed E-state index contributed by atoms with van der Waals surface area (Å²) in [6.45, 7) is 3.83. The maximum atomic E-state index is 11.1. The topological polar surface area (TPSA) is 40.1 Å². The second-order valence-electron chi connectivity index (χ2n) is 3.56. The molecule has 2 nitrogen and oxygen atoms in total. The van der Waals surface area contributed by atoms with Crippen LogP contribution in [0, 0.1) is 0 Å². The molecule has 0 amide bonds. The lowest BCUT2D eigenvalue weighted by molar-refractivity contribution is 0.0323. The van der Waals surface area contributed by atoms with Crippen molar-refractivity contribution < 1.29 is 10.2 Å². The van der Waals surface area contributed by atoms with E-state index in [1.54, 1.807) is 6.92 Å². The molecule has 0 spiro atoms. The van der Waals surface area contributed by atoms with Crippen molar-refractivity contribution in [2.75, 3.05) is 0 Å². The SMILES string of the molecule is CCCCCCC([O])CC(C)O. The van der Waals surface area contributed by atoms with Gasteiger partial charge in [0.25, 0.3) is 0 Å². The van der Waals surface area contributed by atoms with Crippen molar-refractivity contribution in [3.8, 4) is 0 Å². The molecule has 2 heteroatoms. The van der Waals surface area contributed by atoms with E-state index in [1.165, 1.54) is 12.8 Å². The Kier molecular flexibility index (Phi) is 7.51. The van der Waals surface area contributed by atoms with Gasteiger partial charge >= 0.3 is 0 Å². The minimum absolute atomic E-state index is 0.409. The number of rotatable bonds is 7. The quantitative estimate of drug-likeness (QED) is 0.590. The molecule has 1 radical (unpaired) electrons. The minimum atomic E-state index is -0.554. The first-order chi connectivity index (χ1) is 5.66. The number of hydrogen-bond donors (Lipinski definition) is 1. The summed E-state index contributed by atoms with van der Waals surface area (Å²) >= 11 is 0. The Hall–Kier alpha value is -0.0800. The van der Waals surface area contributed by atoms with Crippen LogP contribution in [-0.2, 0) is 5.11 Å². The van der Waals surface area contributed by atoms with Crippen LogP contribution in [0.1, 0.15) is 52.4 Å². The first-order valence-electron chi connectivity index (χ1n) is 5.00. The monoisotopic (exact) mass is 173 g/mol. The summed E-state index contributed by atoms with van der Waals surface area (Å²) in [6, 6.07) is 0. The fourth-order valence-electron chi connectivity index (χ4n) is 1.30. The first-order valence-corrected chi connectivity index (χ1v) is 5.00. The zero-order chi connectivity index (χ0) is 9.40. The van der Waals surface area contributed by atoms with Crippen molar-refractivity contribution >= 4 is 0 Å². The van der Waals surface area contributed by atoms with E-state index in [-0.39, 0.29) is 0 Å². The molecule has 0 aliphatic rings. The smallest absolute Gasteiger partial charge is 0.0954 e. The van der Waals surface area contributed by atoms with Gasteiger partial charge in [-0.1, -0.05) is 32.6 Å². The molecular formula is C10H21O2. The van der Waals surface area contributed by atoms with E-state index >= 15 is 0 Å². The Bertz CT molecular complexity index is 91.8. The summed E-state index contributed by atoms with van der Waals surface area (Å²) in [5.41, 5.74) is 0. The standard InChI is InChI=1S/C10H21O2/c1-3-4-5-6-7-10(12)8-9(2)11/h9-11H,3-8H2,1-2H3. The molecule has 1 N–H and O–H groups in total. The van der Waals surface area contributed by atoms with Gasteiger partial charge in [-0.3, -0.25) is 0 Å². The third-order valence-corrected chi connectivity index (χ3v) is 1.98. The number of aliphatic hydroxyl groups excluding tert-OH is 1. The maximum Gasteiger partial charge on any atom is 0.0954 e. The Morgan fingerprint density at radius 1 is 1.25 bits per heavy atom. The van der Waals surface area contributed by atoms with Crippen LogP contribution in [0.4, 0.5) is 0 Å². The molecule has 0 aromatic carbocycles. The maximum absolute atomic E-state index is 11.1.